The van der Waals surface area contributed by atoms with Gasteiger partial charge in [-0.1, -0.05) is 13.8 Å². The van der Waals surface area contributed by atoms with E-state index in [1.165, 1.54) is 0 Å². The zero-order chi connectivity index (χ0) is 8.65. The van der Waals surface area contributed by atoms with Gasteiger partial charge in [0.15, 0.2) is 9.84 Å². The first-order valence-corrected chi connectivity index (χ1v) is 5.70. The Hall–Kier alpha value is -0.0900. The Morgan fingerprint density at radius 1 is 1.36 bits per heavy atom. The number of nitrogens with two attached hydrogens (primary N) is 1. The lowest BCUT2D eigenvalue weighted by Gasteiger charge is -2.16. The van der Waals surface area contributed by atoms with Crippen LogP contribution >= 0.6 is 0 Å². The smallest absolute Gasteiger partial charge is 0.152 e. The normalized spacial score (nSPS) is 36.4. The molecule has 2 atom stereocenters. The van der Waals surface area contributed by atoms with Crippen LogP contribution in [0.15, 0.2) is 0 Å². The summed E-state index contributed by atoms with van der Waals surface area (Å²) < 4.78 is 22.2. The molecule has 0 aromatic heterocycles. The summed E-state index contributed by atoms with van der Waals surface area (Å²) in [5.41, 5.74) is 5.68. The van der Waals surface area contributed by atoms with Crippen molar-refractivity contribution in [2.24, 2.45) is 17.6 Å². The minimum Gasteiger partial charge on any atom is -0.326 e. The van der Waals surface area contributed by atoms with Crippen LogP contribution in [0.4, 0.5) is 0 Å². The fourth-order valence-corrected chi connectivity index (χ4v) is 3.78. The highest BCUT2D eigenvalue weighted by Gasteiger charge is 2.36. The number of sulfone groups is 1. The van der Waals surface area contributed by atoms with E-state index in [0.29, 0.717) is 5.92 Å². The Bertz CT molecular complexity index is 233. The Kier molecular flexibility index (Phi) is 2.25. The van der Waals surface area contributed by atoms with E-state index in [0.717, 1.165) is 0 Å². The fraction of sp³-hybridized carbons (Fsp3) is 1.00. The molecule has 3 nitrogen and oxygen atoms in total. The molecule has 1 fully saturated rings. The molecule has 0 spiro atoms. The highest BCUT2D eigenvalue weighted by Crippen LogP contribution is 2.24. The largest absolute Gasteiger partial charge is 0.326 e. The molecule has 0 aromatic carbocycles. The molecular weight excluding hydrogens is 162 g/mol. The molecule has 0 amide bonds. The Morgan fingerprint density at radius 2 is 1.91 bits per heavy atom. The monoisotopic (exact) mass is 177 g/mol. The van der Waals surface area contributed by atoms with Crippen molar-refractivity contribution in [3.8, 4) is 0 Å². The molecule has 0 bridgehead atoms. The van der Waals surface area contributed by atoms with Gasteiger partial charge in [-0.05, 0) is 11.8 Å². The fourth-order valence-electron chi connectivity index (χ4n) is 1.59. The minimum absolute atomic E-state index is 0.139. The zero-order valence-electron chi connectivity index (χ0n) is 6.95. The molecule has 4 heteroatoms. The van der Waals surface area contributed by atoms with Crippen LogP contribution < -0.4 is 5.73 Å². The molecule has 0 aromatic rings. The van der Waals surface area contributed by atoms with E-state index in [1.807, 2.05) is 13.8 Å². The van der Waals surface area contributed by atoms with E-state index in [-0.39, 0.29) is 23.5 Å². The molecule has 1 saturated heterocycles. The lowest BCUT2D eigenvalue weighted by atomic mass is 9.92. The van der Waals surface area contributed by atoms with Crippen molar-refractivity contribution in [3.63, 3.8) is 0 Å². The molecule has 0 saturated carbocycles. The Balaban J connectivity index is 2.75. The first-order valence-electron chi connectivity index (χ1n) is 3.88. The van der Waals surface area contributed by atoms with Crippen molar-refractivity contribution in [3.05, 3.63) is 0 Å². The van der Waals surface area contributed by atoms with E-state index < -0.39 is 9.84 Å². The molecule has 1 rings (SSSR count). The summed E-state index contributed by atoms with van der Waals surface area (Å²) in [5, 5.41) is 0. The average Bonchev–Trinajstić information content (AvgIpc) is 2.05. The van der Waals surface area contributed by atoms with E-state index in [1.54, 1.807) is 0 Å². The summed E-state index contributed by atoms with van der Waals surface area (Å²) in [4.78, 5) is 0. The van der Waals surface area contributed by atoms with Gasteiger partial charge in [-0.2, -0.15) is 0 Å². The van der Waals surface area contributed by atoms with Crippen molar-refractivity contribution in [1.82, 2.24) is 0 Å². The predicted octanol–water partition coefficient (Wildman–Crippen LogP) is 0.0143. The second-order valence-electron chi connectivity index (χ2n) is 3.65. The summed E-state index contributed by atoms with van der Waals surface area (Å²) in [6, 6.07) is -0.139. The maximum Gasteiger partial charge on any atom is 0.152 e. The molecule has 1 aliphatic heterocycles. The van der Waals surface area contributed by atoms with Crippen LogP contribution in [0, 0.1) is 11.8 Å². The molecule has 11 heavy (non-hydrogen) atoms. The SMILES string of the molecule is CC(C)[C@H]1CS(=O)(=O)C[C@@H]1N. The van der Waals surface area contributed by atoms with E-state index in [4.69, 9.17) is 5.73 Å². The molecule has 0 radical (unpaired) electrons. The van der Waals surface area contributed by atoms with Crippen molar-refractivity contribution in [2.45, 2.75) is 19.9 Å². The lowest BCUT2D eigenvalue weighted by Crippen LogP contribution is -2.31. The third-order valence-electron chi connectivity index (χ3n) is 2.30. The highest BCUT2D eigenvalue weighted by molar-refractivity contribution is 7.91. The molecule has 66 valence electrons. The maximum absolute atomic E-state index is 11.1. The second kappa shape index (κ2) is 2.75. The first-order chi connectivity index (χ1) is 4.92. The minimum atomic E-state index is -2.81. The van der Waals surface area contributed by atoms with Gasteiger partial charge >= 0.3 is 0 Å². The molecule has 2 N–H and O–H groups in total. The summed E-state index contributed by atoms with van der Waals surface area (Å²) in [6.07, 6.45) is 0. The Labute approximate surface area is 67.9 Å². The van der Waals surface area contributed by atoms with Crippen molar-refractivity contribution in [2.75, 3.05) is 11.5 Å². The second-order valence-corrected chi connectivity index (χ2v) is 5.80. The predicted molar refractivity (Wildman–Crippen MR) is 45.0 cm³/mol. The lowest BCUT2D eigenvalue weighted by molar-refractivity contribution is 0.385. The van der Waals surface area contributed by atoms with Crippen LogP contribution in [0.25, 0.3) is 0 Å². The van der Waals surface area contributed by atoms with Crippen LogP contribution in [0.1, 0.15) is 13.8 Å². The van der Waals surface area contributed by atoms with Crippen LogP contribution in [0.5, 0.6) is 0 Å². The van der Waals surface area contributed by atoms with E-state index in [9.17, 15) is 8.42 Å². The van der Waals surface area contributed by atoms with Gasteiger partial charge < -0.3 is 5.73 Å². The molecule has 1 heterocycles. The van der Waals surface area contributed by atoms with Gasteiger partial charge in [-0.3, -0.25) is 0 Å². The maximum atomic E-state index is 11.1. The van der Waals surface area contributed by atoms with Crippen molar-refractivity contribution >= 4 is 9.84 Å². The van der Waals surface area contributed by atoms with E-state index >= 15 is 0 Å². The molecule has 1 aliphatic rings. The zero-order valence-corrected chi connectivity index (χ0v) is 7.76. The summed E-state index contributed by atoms with van der Waals surface area (Å²) in [5.74, 6) is 1.00. The summed E-state index contributed by atoms with van der Waals surface area (Å²) in [7, 11) is -2.81. The van der Waals surface area contributed by atoms with Crippen molar-refractivity contribution in [1.29, 1.82) is 0 Å². The van der Waals surface area contributed by atoms with Gasteiger partial charge in [0.2, 0.25) is 0 Å². The van der Waals surface area contributed by atoms with E-state index in [2.05, 4.69) is 0 Å². The highest BCUT2D eigenvalue weighted by atomic mass is 32.2. The van der Waals surface area contributed by atoms with Gasteiger partial charge in [0.25, 0.3) is 0 Å². The van der Waals surface area contributed by atoms with Crippen LogP contribution in [0.2, 0.25) is 0 Å². The topological polar surface area (TPSA) is 60.2 Å². The van der Waals surface area contributed by atoms with Gasteiger partial charge in [-0.15, -0.1) is 0 Å². The number of rotatable bonds is 1. The van der Waals surface area contributed by atoms with Gasteiger partial charge in [-0.25, -0.2) is 8.42 Å². The quantitative estimate of drug-likeness (QED) is 0.614. The number of hydrogen-bond donors (Lipinski definition) is 1. The first kappa shape index (κ1) is 9.00. The van der Waals surface area contributed by atoms with Crippen LogP contribution in [-0.2, 0) is 9.84 Å². The molecule has 0 unspecified atom stereocenters. The molecule has 0 aliphatic carbocycles. The average molecular weight is 177 g/mol. The summed E-state index contributed by atoms with van der Waals surface area (Å²) in [6.45, 7) is 4.04. The van der Waals surface area contributed by atoms with Crippen LogP contribution in [0.3, 0.4) is 0 Å². The van der Waals surface area contributed by atoms with Gasteiger partial charge in [0.1, 0.15) is 0 Å². The Morgan fingerprint density at radius 3 is 2.09 bits per heavy atom. The third kappa shape index (κ3) is 1.93. The van der Waals surface area contributed by atoms with Crippen molar-refractivity contribution < 1.29 is 8.42 Å². The third-order valence-corrected chi connectivity index (χ3v) is 4.08. The van der Waals surface area contributed by atoms with Gasteiger partial charge in [0, 0.05) is 6.04 Å². The summed E-state index contributed by atoms with van der Waals surface area (Å²) >= 11 is 0. The van der Waals surface area contributed by atoms with Gasteiger partial charge in [0.05, 0.1) is 11.5 Å². The van der Waals surface area contributed by atoms with Crippen LogP contribution in [-0.4, -0.2) is 26.0 Å². The molecular formula is C7H15NO2S. The number of hydrogen-bond acceptors (Lipinski definition) is 3. The standard InChI is InChI=1S/C7H15NO2S/c1-5(2)6-3-11(9,10)4-7(6)8/h5-7H,3-4,8H2,1-2H3/t6-,7+/m1/s1.